The first-order valence-corrected chi connectivity index (χ1v) is 51.3. The van der Waals surface area contributed by atoms with E-state index in [1.54, 1.807) is 0 Å². The summed E-state index contributed by atoms with van der Waals surface area (Å²) in [4.78, 5) is 12.2. The van der Waals surface area contributed by atoms with E-state index in [9.17, 15) is 0 Å². The van der Waals surface area contributed by atoms with E-state index in [-0.39, 0.29) is 5.41 Å². The van der Waals surface area contributed by atoms with E-state index in [4.69, 9.17) is 19.7 Å². The summed E-state index contributed by atoms with van der Waals surface area (Å²) in [5.74, 6) is 0. The molecule has 22 aromatic carbocycles. The van der Waals surface area contributed by atoms with E-state index < -0.39 is 0 Å². The van der Waals surface area contributed by atoms with Crippen molar-refractivity contribution in [3.8, 4) is 84.3 Å². The number of para-hydroxylation sites is 14. The molecule has 149 heavy (non-hydrogen) atoms. The van der Waals surface area contributed by atoms with E-state index >= 15 is 0 Å². The summed E-state index contributed by atoms with van der Waals surface area (Å²) in [6.45, 7) is 29.4. The fourth-order valence-electron chi connectivity index (χ4n) is 24.8. The zero-order chi connectivity index (χ0) is 99.0. The summed E-state index contributed by atoms with van der Waals surface area (Å²) >= 11 is 1.86. The molecule has 1 aliphatic carbocycles. The summed E-state index contributed by atoms with van der Waals surface area (Å²) < 4.78 is 19.1. The molecule has 0 N–H and O–H groups in total. The maximum atomic E-state index is 8.29. The number of nitrogens with zero attached hydrogens (tertiary/aromatic N) is 10. The van der Waals surface area contributed by atoms with E-state index in [0.717, 1.165) is 117 Å². The van der Waals surface area contributed by atoms with E-state index in [1.165, 1.54) is 151 Å². The third kappa shape index (κ3) is 13.0. The molecule has 694 valence electrons. The quantitative estimate of drug-likeness (QED) is 0.123. The average molecular weight is 1920 g/mol. The Morgan fingerprint density at radius 3 is 0.946 bits per heavy atom. The molecule has 0 aliphatic heterocycles. The van der Waals surface area contributed by atoms with Crippen molar-refractivity contribution in [2.45, 2.75) is 19.3 Å². The lowest BCUT2D eigenvalue weighted by atomic mass is 9.82. The van der Waals surface area contributed by atoms with Crippen molar-refractivity contribution in [1.29, 1.82) is 0 Å². The van der Waals surface area contributed by atoms with Crippen LogP contribution in [0.1, 0.15) is 25.0 Å². The number of hydrogen-bond donors (Lipinski definition) is 0. The van der Waals surface area contributed by atoms with Crippen molar-refractivity contribution >= 4 is 201 Å². The van der Waals surface area contributed by atoms with Gasteiger partial charge in [0.1, 0.15) is 0 Å². The summed E-state index contributed by atoms with van der Waals surface area (Å²) in [6, 6.07) is 173. The third-order valence-electron chi connectivity index (χ3n) is 31.1. The molecule has 31 rings (SSSR count). The van der Waals surface area contributed by atoms with Crippen molar-refractivity contribution in [3.05, 3.63) is 531 Å². The molecule has 0 bridgehead atoms. The summed E-state index contributed by atoms with van der Waals surface area (Å²) in [5, 5.41) is 19.6. The Balaban J connectivity index is 0.000000105. The van der Waals surface area contributed by atoms with Crippen LogP contribution in [0.3, 0.4) is 0 Å². The smallest absolute Gasteiger partial charge is 0.211 e. The predicted molar refractivity (Wildman–Crippen MR) is 625 cm³/mol. The van der Waals surface area contributed by atoms with Crippen LogP contribution in [0.25, 0.3) is 272 Å². The Labute approximate surface area is 861 Å². The maximum Gasteiger partial charge on any atom is 0.211 e. The van der Waals surface area contributed by atoms with Crippen LogP contribution in [-0.4, -0.2) is 32.0 Å². The lowest BCUT2D eigenvalue weighted by Gasteiger charge is -2.21. The summed E-state index contributed by atoms with van der Waals surface area (Å²) in [7, 11) is 0. The minimum atomic E-state index is -0.0691. The number of benzene rings is 22. The highest BCUT2D eigenvalue weighted by Gasteiger charge is 2.38. The van der Waals surface area contributed by atoms with Crippen LogP contribution in [0, 0.1) is 19.7 Å². The van der Waals surface area contributed by atoms with Gasteiger partial charge in [0.2, 0.25) is 17.1 Å². The largest absolute Gasteiger partial charge is 0.318 e. The van der Waals surface area contributed by atoms with Crippen molar-refractivity contribution in [2.24, 2.45) is 0 Å². The second-order valence-electron chi connectivity index (χ2n) is 39.2. The molecule has 10 nitrogen and oxygen atoms in total. The molecule has 11 heteroatoms. The highest BCUT2D eigenvalue weighted by molar-refractivity contribution is 7.25. The lowest BCUT2D eigenvalue weighted by molar-refractivity contribution is 0.661. The van der Waals surface area contributed by atoms with Crippen LogP contribution in [0.2, 0.25) is 0 Å². The zero-order valence-electron chi connectivity index (χ0n) is 81.1. The van der Waals surface area contributed by atoms with E-state index in [1.807, 2.05) is 47.7 Å². The van der Waals surface area contributed by atoms with E-state index in [2.05, 4.69) is 509 Å². The van der Waals surface area contributed by atoms with Gasteiger partial charge < -0.3 is 32.0 Å². The lowest BCUT2D eigenvalue weighted by Crippen LogP contribution is -2.14. The molecule has 30 aromatic rings. The van der Waals surface area contributed by atoms with Gasteiger partial charge in [-0.05, 0) is 195 Å². The first-order valence-electron chi connectivity index (χ1n) is 50.5. The monoisotopic (exact) mass is 1910 g/mol. The zero-order valence-corrected chi connectivity index (χ0v) is 81.9. The highest BCUT2D eigenvalue weighted by atomic mass is 32.1. The first kappa shape index (κ1) is 85.9. The van der Waals surface area contributed by atoms with Crippen LogP contribution in [0.5, 0.6) is 0 Å². The minimum Gasteiger partial charge on any atom is -0.318 e. The minimum absolute atomic E-state index is 0.0691. The van der Waals surface area contributed by atoms with Gasteiger partial charge in [0, 0.05) is 124 Å². The molecular weight excluding hydrogens is 1830 g/mol. The van der Waals surface area contributed by atoms with Crippen LogP contribution >= 0.6 is 11.3 Å². The van der Waals surface area contributed by atoms with Crippen LogP contribution in [0.4, 0.5) is 17.1 Å². The molecular formula is C138H86N10S. The van der Waals surface area contributed by atoms with Gasteiger partial charge in [-0.1, -0.05) is 360 Å². The first-order chi connectivity index (χ1) is 73.6. The molecule has 0 atom stereocenters. The normalized spacial score (nSPS) is 12.3. The number of aromatic nitrogens is 7. The van der Waals surface area contributed by atoms with Crippen molar-refractivity contribution in [2.75, 3.05) is 0 Å². The molecule has 1 aliphatic rings. The van der Waals surface area contributed by atoms with Gasteiger partial charge in [-0.25, -0.2) is 14.5 Å². The molecule has 0 spiro atoms. The second kappa shape index (κ2) is 33.9. The van der Waals surface area contributed by atoms with Gasteiger partial charge in [0.05, 0.1) is 114 Å². The predicted octanol–water partition coefficient (Wildman–Crippen LogP) is 38.1. The Morgan fingerprint density at radius 1 is 0.195 bits per heavy atom. The number of rotatable bonds is 10. The van der Waals surface area contributed by atoms with Crippen LogP contribution in [0.15, 0.2) is 485 Å². The van der Waals surface area contributed by atoms with Gasteiger partial charge >= 0.3 is 0 Å². The molecule has 0 saturated heterocycles. The van der Waals surface area contributed by atoms with E-state index in [0.29, 0.717) is 17.1 Å². The van der Waals surface area contributed by atoms with Crippen molar-refractivity contribution < 1.29 is 0 Å². The Morgan fingerprint density at radius 2 is 0.510 bits per heavy atom. The third-order valence-corrected chi connectivity index (χ3v) is 32.2. The van der Waals surface area contributed by atoms with Crippen LogP contribution < -0.4 is 0 Å². The van der Waals surface area contributed by atoms with Crippen LogP contribution in [-0.2, 0) is 5.41 Å². The van der Waals surface area contributed by atoms with Gasteiger partial charge in [0.15, 0.2) is 0 Å². The summed E-state index contributed by atoms with van der Waals surface area (Å²) in [5.41, 5.74) is 36.6. The molecule has 8 aromatic heterocycles. The average Bonchev–Trinajstić information content (AvgIpc) is 1.54. The fourth-order valence-corrected chi connectivity index (χ4v) is 26.0. The molecule has 0 fully saturated rings. The standard InChI is InChI=1S/C49H30N4.C46H31N3.C43H25N3S/c1-50-41-24-14-23-35(48(41)53-43-26-10-5-19-36(43)37-20-6-11-27-44(37)53)32-15-13-18-34(31-32)51-45-28-12-8-22-40(45)47-46(51)30-29-39-38-21-7-9-25-42(38)52(49(39)47)33-16-3-2-4-17-33;1-46(2)36-21-8-4-18-34(36)43-37(46)26-27-42-44(43)35-19-7-11-25-41(35)48(42)30-15-12-14-29(28-30)31-20-13-22-38(47-3)45(31)49-39-23-9-5-16-32(39)33-17-6-10-24-40(33)49;1-44-36-19-11-18-29(43(36)46-38-21-7-2-14-30(38)31-15-3-8-22-39(31)46)27-12-10-13-28(24-27)45-37-20-6-4-16-32(37)34-26-42-35(25-40(34)45)33-17-5-9-23-41(33)47-42/h2-31H;4-28H,1-2H3;2-26H. The van der Waals surface area contributed by atoms with Crippen molar-refractivity contribution in [1.82, 2.24) is 32.0 Å². The van der Waals surface area contributed by atoms with Gasteiger partial charge in [-0.15, -0.1) is 11.3 Å². The maximum absolute atomic E-state index is 8.29. The van der Waals surface area contributed by atoms with Crippen molar-refractivity contribution in [3.63, 3.8) is 0 Å². The second-order valence-corrected chi connectivity index (χ2v) is 40.3. The Hall–Kier alpha value is -19.9. The van der Waals surface area contributed by atoms with Gasteiger partial charge in [0.25, 0.3) is 0 Å². The number of fused-ring (bicyclic) bond motifs is 29. The number of thiophene rings is 1. The molecule has 0 saturated carbocycles. The topological polar surface area (TPSA) is 47.6 Å². The Kier molecular flexibility index (Phi) is 19.5. The fraction of sp³-hybridized carbons (Fsp3) is 0.0217. The summed E-state index contributed by atoms with van der Waals surface area (Å²) in [6.07, 6.45) is 0. The molecule has 8 heterocycles. The molecule has 0 unspecified atom stereocenters. The highest BCUT2D eigenvalue weighted by Crippen LogP contribution is 2.56. The van der Waals surface area contributed by atoms with Gasteiger partial charge in [-0.2, -0.15) is 0 Å². The SMILES string of the molecule is [C-]#[N+]c1cccc(-c2cccc(-n3c4ccccc4c4c3ccc3c5ccccc5n(-c5ccccc5)c34)c2)c1-n1c2ccccc2c2ccccc21.[C-]#[N+]c1cccc(-c2cccc(-n3c4ccccc4c4c5c(ccc43)C(C)(C)c3ccccc3-5)c2)c1-n1c2ccccc2c2ccccc21.[C-]#[N+]c1cccc(-c2cccc(-n3c4ccccc4c4cc5sc6ccccc6c5cc43)c2)c1-n1c2ccccc2c2ccccc21. The number of hydrogen-bond acceptors (Lipinski definition) is 1. The Bertz CT molecular complexity index is 10900. The molecule has 0 amide bonds. The van der Waals surface area contributed by atoms with Gasteiger partial charge in [-0.3, -0.25) is 0 Å². The molecule has 0 radical (unpaired) electrons.